The fourth-order valence-corrected chi connectivity index (χ4v) is 3.78. The van der Waals surface area contributed by atoms with Gasteiger partial charge in [-0.1, -0.05) is 48.5 Å². The smallest absolute Gasteiger partial charge is 0.246 e. The van der Waals surface area contributed by atoms with Crippen LogP contribution in [0.15, 0.2) is 79.1 Å². The van der Waals surface area contributed by atoms with Crippen LogP contribution in [0, 0.1) is 5.92 Å². The highest BCUT2D eigenvalue weighted by Gasteiger charge is 2.27. The molecule has 1 saturated heterocycles. The fourth-order valence-electron chi connectivity index (χ4n) is 3.78. The van der Waals surface area contributed by atoms with Crippen LogP contribution in [0.25, 0.3) is 6.08 Å². The Morgan fingerprint density at radius 1 is 1.00 bits per heavy atom. The average molecular weight is 415 g/mol. The number of aromatic nitrogens is 2. The third-order valence-electron chi connectivity index (χ3n) is 5.56. The van der Waals surface area contributed by atoms with Crippen molar-refractivity contribution in [1.29, 1.82) is 0 Å². The van der Waals surface area contributed by atoms with Gasteiger partial charge in [0.1, 0.15) is 0 Å². The van der Waals surface area contributed by atoms with Crippen molar-refractivity contribution < 1.29 is 9.59 Å². The van der Waals surface area contributed by atoms with Crippen LogP contribution < -0.4 is 5.32 Å². The van der Waals surface area contributed by atoms with Crippen molar-refractivity contribution in [2.45, 2.75) is 19.4 Å². The second-order valence-electron chi connectivity index (χ2n) is 7.69. The van der Waals surface area contributed by atoms with Crippen LogP contribution in [0.1, 0.15) is 24.0 Å². The summed E-state index contributed by atoms with van der Waals surface area (Å²) in [5.74, 6) is -0.0907. The summed E-state index contributed by atoms with van der Waals surface area (Å²) in [5.41, 5.74) is 2.82. The number of para-hydroxylation sites is 1. The number of rotatable bonds is 6. The second-order valence-corrected chi connectivity index (χ2v) is 7.69. The van der Waals surface area contributed by atoms with Crippen LogP contribution >= 0.6 is 0 Å². The van der Waals surface area contributed by atoms with E-state index in [2.05, 4.69) is 10.4 Å². The van der Waals surface area contributed by atoms with Gasteiger partial charge in [0.25, 0.3) is 0 Å². The summed E-state index contributed by atoms with van der Waals surface area (Å²) in [6.07, 6.45) is 8.41. The Labute approximate surface area is 182 Å². The molecule has 0 bridgehead atoms. The molecule has 4 rings (SSSR count). The monoisotopic (exact) mass is 414 g/mol. The van der Waals surface area contributed by atoms with E-state index in [1.54, 1.807) is 12.3 Å². The molecule has 0 radical (unpaired) electrons. The predicted octanol–water partition coefficient (Wildman–Crippen LogP) is 3.82. The third kappa shape index (κ3) is 5.48. The van der Waals surface area contributed by atoms with E-state index >= 15 is 0 Å². The molecule has 31 heavy (non-hydrogen) atoms. The van der Waals surface area contributed by atoms with Gasteiger partial charge in [-0.05, 0) is 42.2 Å². The number of carbonyl (C=O) groups excluding carboxylic acids is 2. The summed E-state index contributed by atoms with van der Waals surface area (Å²) in [4.78, 5) is 27.1. The normalized spacial score (nSPS) is 14.6. The van der Waals surface area contributed by atoms with E-state index < -0.39 is 0 Å². The number of benzene rings is 2. The Morgan fingerprint density at radius 2 is 1.74 bits per heavy atom. The minimum atomic E-state index is -0.0973. The SMILES string of the molecule is O=C(Nc1ccccc1Cn1cccn1)C1CCN(C(=O)/C=C/c2ccccc2)CC1. The molecule has 0 saturated carbocycles. The molecule has 2 aromatic carbocycles. The zero-order chi connectivity index (χ0) is 21.5. The predicted molar refractivity (Wildman–Crippen MR) is 121 cm³/mol. The van der Waals surface area contributed by atoms with Gasteiger partial charge in [-0.2, -0.15) is 5.10 Å². The lowest BCUT2D eigenvalue weighted by atomic mass is 9.95. The minimum Gasteiger partial charge on any atom is -0.339 e. The van der Waals surface area contributed by atoms with Gasteiger partial charge >= 0.3 is 0 Å². The number of amides is 2. The maximum absolute atomic E-state index is 12.9. The maximum atomic E-state index is 12.9. The van der Waals surface area contributed by atoms with Gasteiger partial charge in [0.15, 0.2) is 0 Å². The summed E-state index contributed by atoms with van der Waals surface area (Å²) in [5, 5.41) is 7.33. The average Bonchev–Trinajstić information content (AvgIpc) is 3.33. The van der Waals surface area contributed by atoms with Crippen molar-refractivity contribution in [2.75, 3.05) is 18.4 Å². The molecule has 2 amide bonds. The first-order chi connectivity index (χ1) is 15.2. The van der Waals surface area contributed by atoms with E-state index in [4.69, 9.17) is 0 Å². The molecule has 1 fully saturated rings. The molecule has 158 valence electrons. The molecule has 1 aromatic heterocycles. The molecule has 0 atom stereocenters. The molecule has 1 aliphatic rings. The zero-order valence-corrected chi connectivity index (χ0v) is 17.4. The first-order valence-electron chi connectivity index (χ1n) is 10.6. The molecule has 2 heterocycles. The van der Waals surface area contributed by atoms with Crippen molar-refractivity contribution in [2.24, 2.45) is 5.92 Å². The molecule has 0 aliphatic carbocycles. The van der Waals surface area contributed by atoms with E-state index in [0.29, 0.717) is 32.5 Å². The Bertz CT molecular complexity index is 1040. The van der Waals surface area contributed by atoms with Gasteiger partial charge in [0, 0.05) is 43.2 Å². The first-order valence-corrected chi connectivity index (χ1v) is 10.6. The van der Waals surface area contributed by atoms with Crippen LogP contribution in [0.4, 0.5) is 5.69 Å². The van der Waals surface area contributed by atoms with E-state index in [1.807, 2.05) is 82.5 Å². The first kappa shape index (κ1) is 20.6. The summed E-state index contributed by atoms with van der Waals surface area (Å²) in [7, 11) is 0. The standard InChI is InChI=1S/C25H26N4O2/c30-24(12-11-20-7-2-1-3-8-20)28-17-13-21(14-18-28)25(31)27-23-10-5-4-9-22(23)19-29-16-6-15-26-29/h1-12,15-16,21H,13-14,17-19H2,(H,27,31)/b12-11+. The van der Waals surface area contributed by atoms with Crippen LogP contribution in [-0.2, 0) is 16.1 Å². The highest BCUT2D eigenvalue weighted by atomic mass is 16.2. The molecule has 0 spiro atoms. The molecule has 3 aromatic rings. The highest BCUT2D eigenvalue weighted by molar-refractivity contribution is 5.94. The Balaban J connectivity index is 1.31. The topological polar surface area (TPSA) is 67.2 Å². The Morgan fingerprint density at radius 3 is 2.48 bits per heavy atom. The van der Waals surface area contributed by atoms with Gasteiger partial charge in [-0.3, -0.25) is 14.3 Å². The van der Waals surface area contributed by atoms with Crippen molar-refractivity contribution in [3.63, 3.8) is 0 Å². The van der Waals surface area contributed by atoms with Crippen LogP contribution in [-0.4, -0.2) is 39.6 Å². The lowest BCUT2D eigenvalue weighted by Crippen LogP contribution is -2.40. The van der Waals surface area contributed by atoms with Gasteiger partial charge in [-0.25, -0.2) is 0 Å². The van der Waals surface area contributed by atoms with E-state index in [-0.39, 0.29) is 17.7 Å². The second kappa shape index (κ2) is 9.89. The Kier molecular flexibility index (Phi) is 6.57. The maximum Gasteiger partial charge on any atom is 0.246 e. The highest BCUT2D eigenvalue weighted by Crippen LogP contribution is 2.22. The van der Waals surface area contributed by atoms with Gasteiger partial charge < -0.3 is 10.2 Å². The number of carbonyl (C=O) groups is 2. The molecular weight excluding hydrogens is 388 g/mol. The van der Waals surface area contributed by atoms with E-state index in [1.165, 1.54) is 0 Å². The fraction of sp³-hybridized carbons (Fsp3) is 0.240. The third-order valence-corrected chi connectivity index (χ3v) is 5.56. The van der Waals surface area contributed by atoms with Crippen molar-refractivity contribution in [3.8, 4) is 0 Å². The summed E-state index contributed by atoms with van der Waals surface area (Å²) >= 11 is 0. The zero-order valence-electron chi connectivity index (χ0n) is 17.4. The quantitative estimate of drug-likeness (QED) is 0.624. The number of nitrogens with zero attached hydrogens (tertiary/aromatic N) is 3. The molecule has 1 aliphatic heterocycles. The molecule has 6 heteroatoms. The van der Waals surface area contributed by atoms with Crippen LogP contribution in [0.3, 0.4) is 0 Å². The number of anilines is 1. The van der Waals surface area contributed by atoms with Crippen LogP contribution in [0.2, 0.25) is 0 Å². The molecule has 0 unspecified atom stereocenters. The number of hydrogen-bond acceptors (Lipinski definition) is 3. The van der Waals surface area contributed by atoms with Crippen molar-refractivity contribution in [1.82, 2.24) is 14.7 Å². The number of nitrogens with one attached hydrogen (secondary N) is 1. The summed E-state index contributed by atoms with van der Waals surface area (Å²) in [6, 6.07) is 19.4. The largest absolute Gasteiger partial charge is 0.339 e. The van der Waals surface area contributed by atoms with E-state index in [0.717, 1.165) is 16.8 Å². The molecule has 6 nitrogen and oxygen atoms in total. The van der Waals surface area contributed by atoms with Gasteiger partial charge in [0.2, 0.25) is 11.8 Å². The Hall–Kier alpha value is -3.67. The van der Waals surface area contributed by atoms with E-state index in [9.17, 15) is 9.59 Å². The minimum absolute atomic E-state index is 0.00715. The molecule has 1 N–H and O–H groups in total. The van der Waals surface area contributed by atoms with Gasteiger partial charge in [0.05, 0.1) is 6.54 Å². The molecular formula is C25H26N4O2. The van der Waals surface area contributed by atoms with Crippen LogP contribution in [0.5, 0.6) is 0 Å². The van der Waals surface area contributed by atoms with Gasteiger partial charge in [-0.15, -0.1) is 0 Å². The number of piperidine rings is 1. The number of hydrogen-bond donors (Lipinski definition) is 1. The lowest BCUT2D eigenvalue weighted by Gasteiger charge is -2.30. The van der Waals surface area contributed by atoms with Crippen molar-refractivity contribution >= 4 is 23.6 Å². The van der Waals surface area contributed by atoms with Crippen molar-refractivity contribution in [3.05, 3.63) is 90.3 Å². The number of likely N-dealkylation sites (tertiary alicyclic amines) is 1. The summed E-state index contributed by atoms with van der Waals surface area (Å²) in [6.45, 7) is 1.78. The summed E-state index contributed by atoms with van der Waals surface area (Å²) < 4.78 is 1.83. The lowest BCUT2D eigenvalue weighted by molar-refractivity contribution is -0.130.